The van der Waals surface area contributed by atoms with Crippen LogP contribution in [0.4, 0.5) is 18.9 Å². The molecule has 0 aliphatic carbocycles. The lowest BCUT2D eigenvalue weighted by Crippen LogP contribution is -2.34. The first-order valence-corrected chi connectivity index (χ1v) is 10.9. The Labute approximate surface area is 172 Å². The average molecular weight is 436 g/mol. The number of nitrogens with one attached hydrogen (secondary N) is 1. The van der Waals surface area contributed by atoms with Crippen LogP contribution >= 0.6 is 0 Å². The van der Waals surface area contributed by atoms with Crippen LogP contribution in [0, 0.1) is 11.8 Å². The second-order valence-corrected chi connectivity index (χ2v) is 8.88. The zero-order chi connectivity index (χ0) is 22.1. The van der Waals surface area contributed by atoms with Crippen LogP contribution in [-0.4, -0.2) is 33.2 Å². The van der Waals surface area contributed by atoms with E-state index in [0.717, 1.165) is 24.0 Å². The van der Waals surface area contributed by atoms with Crippen LogP contribution < -0.4 is 9.62 Å². The fourth-order valence-electron chi connectivity index (χ4n) is 3.40. The molecular formula is C21H19F3N2O3S. The molecule has 1 aliphatic heterocycles. The molecule has 0 spiro atoms. The maximum Gasteiger partial charge on any atom is 0.416 e. The van der Waals surface area contributed by atoms with E-state index in [4.69, 9.17) is 0 Å². The van der Waals surface area contributed by atoms with Crippen molar-refractivity contribution in [3.05, 3.63) is 64.7 Å². The van der Waals surface area contributed by atoms with Gasteiger partial charge in [-0.2, -0.15) is 13.2 Å². The summed E-state index contributed by atoms with van der Waals surface area (Å²) in [7, 11) is -3.41. The van der Waals surface area contributed by atoms with Gasteiger partial charge in [-0.1, -0.05) is 17.9 Å². The summed E-state index contributed by atoms with van der Waals surface area (Å²) < 4.78 is 63.4. The van der Waals surface area contributed by atoms with Crippen molar-refractivity contribution < 1.29 is 26.4 Å². The molecule has 9 heteroatoms. The van der Waals surface area contributed by atoms with Crippen molar-refractivity contribution in [1.29, 1.82) is 0 Å². The molecule has 0 fully saturated rings. The molecule has 0 bridgehead atoms. The second kappa shape index (κ2) is 8.03. The number of hydrogen-bond acceptors (Lipinski definition) is 3. The van der Waals surface area contributed by atoms with E-state index in [1.54, 1.807) is 19.1 Å². The standard InChI is InChI=1S/C21H19F3N2O3S/c1-14-11-17-13-16(8-9-19(17)26(14)30(2,28)29)20(27)25-10-4-6-15-5-3-7-18(12-15)21(22,23)24/h3,5,7-9,12-14H,10-11H2,1-2H3,(H,25,27). The fourth-order valence-corrected chi connectivity index (χ4v) is 4.66. The highest BCUT2D eigenvalue weighted by molar-refractivity contribution is 7.92. The predicted molar refractivity (Wildman–Crippen MR) is 108 cm³/mol. The SMILES string of the molecule is CC1Cc2cc(C(=O)NCC#Cc3cccc(C(F)(F)F)c3)ccc2N1S(C)(=O)=O. The summed E-state index contributed by atoms with van der Waals surface area (Å²) in [4.78, 5) is 12.3. The van der Waals surface area contributed by atoms with Crippen molar-refractivity contribution >= 4 is 21.6 Å². The van der Waals surface area contributed by atoms with Crippen molar-refractivity contribution in [3.8, 4) is 11.8 Å². The number of anilines is 1. The van der Waals surface area contributed by atoms with Gasteiger partial charge in [-0.15, -0.1) is 0 Å². The number of sulfonamides is 1. The number of amides is 1. The quantitative estimate of drug-likeness (QED) is 0.752. The number of nitrogens with zero attached hydrogens (tertiary/aromatic N) is 1. The van der Waals surface area contributed by atoms with Gasteiger partial charge in [-0.3, -0.25) is 9.10 Å². The van der Waals surface area contributed by atoms with Crippen LogP contribution in [0.2, 0.25) is 0 Å². The van der Waals surface area contributed by atoms with Gasteiger partial charge in [0.2, 0.25) is 10.0 Å². The predicted octanol–water partition coefficient (Wildman–Crippen LogP) is 3.20. The maximum atomic E-state index is 12.7. The highest BCUT2D eigenvalue weighted by Gasteiger charge is 2.33. The summed E-state index contributed by atoms with van der Waals surface area (Å²) in [5.74, 6) is 4.82. The first-order valence-electron chi connectivity index (χ1n) is 9.03. The molecule has 30 heavy (non-hydrogen) atoms. The number of alkyl halides is 3. The number of benzene rings is 2. The Morgan fingerprint density at radius 2 is 1.97 bits per heavy atom. The van der Waals surface area contributed by atoms with Crippen molar-refractivity contribution in [2.24, 2.45) is 0 Å². The lowest BCUT2D eigenvalue weighted by Gasteiger charge is -2.21. The minimum absolute atomic E-state index is 0.0436. The molecule has 0 aromatic heterocycles. The molecule has 1 heterocycles. The number of carbonyl (C=O) groups is 1. The summed E-state index contributed by atoms with van der Waals surface area (Å²) in [5.41, 5.74) is 1.10. The van der Waals surface area contributed by atoms with Crippen LogP contribution in [0.5, 0.6) is 0 Å². The van der Waals surface area contributed by atoms with E-state index in [1.807, 2.05) is 0 Å². The molecule has 158 valence electrons. The number of fused-ring (bicyclic) bond motifs is 1. The lowest BCUT2D eigenvalue weighted by atomic mass is 10.1. The van der Waals surface area contributed by atoms with Gasteiger partial charge in [-0.05, 0) is 55.3 Å². The van der Waals surface area contributed by atoms with Crippen LogP contribution in [-0.2, 0) is 22.6 Å². The summed E-state index contributed by atoms with van der Waals surface area (Å²) in [5, 5.41) is 2.59. The third-order valence-corrected chi connectivity index (χ3v) is 5.88. The van der Waals surface area contributed by atoms with Crippen molar-refractivity contribution in [2.75, 3.05) is 17.1 Å². The van der Waals surface area contributed by atoms with Crippen molar-refractivity contribution in [1.82, 2.24) is 5.32 Å². The van der Waals surface area contributed by atoms with E-state index < -0.39 is 27.7 Å². The Kier molecular flexibility index (Phi) is 5.81. The van der Waals surface area contributed by atoms with Crippen LogP contribution in [0.1, 0.15) is 34.0 Å². The summed E-state index contributed by atoms with van der Waals surface area (Å²) in [6.45, 7) is 1.75. The average Bonchev–Trinajstić information content (AvgIpc) is 2.99. The number of carbonyl (C=O) groups excluding carboxylic acids is 1. The molecule has 5 nitrogen and oxygen atoms in total. The molecule has 2 aromatic rings. The van der Waals surface area contributed by atoms with Crippen molar-refractivity contribution in [3.63, 3.8) is 0 Å². The second-order valence-electron chi connectivity index (χ2n) is 7.02. The third kappa shape index (κ3) is 4.76. The monoisotopic (exact) mass is 436 g/mol. The normalized spacial score (nSPS) is 15.9. The van der Waals surface area contributed by atoms with Gasteiger partial charge >= 0.3 is 6.18 Å². The minimum atomic E-state index is -4.44. The summed E-state index contributed by atoms with van der Waals surface area (Å²) >= 11 is 0. The number of halogens is 3. The molecule has 0 radical (unpaired) electrons. The Bertz CT molecular complexity index is 1150. The molecule has 1 amide bonds. The van der Waals surface area contributed by atoms with E-state index in [0.29, 0.717) is 17.7 Å². The fraction of sp³-hybridized carbons (Fsp3) is 0.286. The Balaban J connectivity index is 1.67. The molecule has 1 N–H and O–H groups in total. The highest BCUT2D eigenvalue weighted by atomic mass is 32.2. The van der Waals surface area contributed by atoms with Gasteiger partial charge < -0.3 is 5.32 Å². The van der Waals surface area contributed by atoms with Gasteiger partial charge in [0.05, 0.1) is 24.1 Å². The molecule has 2 aromatic carbocycles. The smallest absolute Gasteiger partial charge is 0.341 e. The zero-order valence-corrected chi connectivity index (χ0v) is 17.1. The Morgan fingerprint density at radius 1 is 1.23 bits per heavy atom. The third-order valence-electron chi connectivity index (χ3n) is 4.61. The Hall–Kier alpha value is -2.99. The minimum Gasteiger partial charge on any atom is -0.341 e. The molecule has 3 rings (SSSR count). The summed E-state index contributed by atoms with van der Waals surface area (Å²) in [6, 6.07) is 9.19. The van der Waals surface area contributed by atoms with E-state index in [1.165, 1.54) is 22.5 Å². The molecule has 0 saturated heterocycles. The van der Waals surface area contributed by atoms with E-state index in [2.05, 4.69) is 17.2 Å². The molecule has 1 unspecified atom stereocenters. The molecular weight excluding hydrogens is 417 g/mol. The largest absolute Gasteiger partial charge is 0.416 e. The van der Waals surface area contributed by atoms with Gasteiger partial charge in [0.1, 0.15) is 0 Å². The first kappa shape index (κ1) is 21.7. The molecule has 1 atom stereocenters. The van der Waals surface area contributed by atoms with Crippen molar-refractivity contribution in [2.45, 2.75) is 25.6 Å². The topological polar surface area (TPSA) is 66.5 Å². The van der Waals surface area contributed by atoms with Gasteiger partial charge in [-0.25, -0.2) is 8.42 Å². The summed E-state index contributed by atoms with van der Waals surface area (Å²) in [6.07, 6.45) is -2.80. The van der Waals surface area contributed by atoms with E-state index >= 15 is 0 Å². The highest BCUT2D eigenvalue weighted by Crippen LogP contribution is 2.34. The van der Waals surface area contributed by atoms with Gasteiger partial charge in [0.25, 0.3) is 5.91 Å². The van der Waals surface area contributed by atoms with E-state index in [9.17, 15) is 26.4 Å². The van der Waals surface area contributed by atoms with Gasteiger partial charge in [0, 0.05) is 17.2 Å². The Morgan fingerprint density at radius 3 is 2.63 bits per heavy atom. The van der Waals surface area contributed by atoms with Crippen LogP contribution in [0.25, 0.3) is 0 Å². The van der Waals surface area contributed by atoms with E-state index in [-0.39, 0.29) is 18.2 Å². The number of rotatable bonds is 3. The number of hydrogen-bond donors (Lipinski definition) is 1. The van der Waals surface area contributed by atoms with Crippen LogP contribution in [0.3, 0.4) is 0 Å². The lowest BCUT2D eigenvalue weighted by molar-refractivity contribution is -0.137. The maximum absolute atomic E-state index is 12.7. The zero-order valence-electron chi connectivity index (χ0n) is 16.2. The first-order chi connectivity index (χ1) is 14.0. The van der Waals surface area contributed by atoms with Gasteiger partial charge in [0.15, 0.2) is 0 Å². The molecule has 0 saturated carbocycles. The van der Waals surface area contributed by atoms with Crippen LogP contribution in [0.15, 0.2) is 42.5 Å². The molecule has 1 aliphatic rings.